The Morgan fingerprint density at radius 3 is 2.72 bits per heavy atom. The molecular weight excluding hydrogens is 321 g/mol. The van der Waals surface area contributed by atoms with Crippen molar-refractivity contribution in [3.8, 4) is 5.75 Å². The fourth-order valence-electron chi connectivity index (χ4n) is 1.44. The second-order valence-corrected chi connectivity index (χ2v) is 4.95. The first-order valence-corrected chi connectivity index (χ1v) is 6.35. The van der Waals surface area contributed by atoms with Gasteiger partial charge in [-0.1, -0.05) is 29.8 Å². The van der Waals surface area contributed by atoms with Crippen molar-refractivity contribution in [1.29, 1.82) is 0 Å². The Hall–Kier alpha value is -1.26. The van der Waals surface area contributed by atoms with Gasteiger partial charge in [0.25, 0.3) is 0 Å². The van der Waals surface area contributed by atoms with Gasteiger partial charge in [-0.2, -0.15) is 0 Å². The molecule has 0 fully saturated rings. The van der Waals surface area contributed by atoms with E-state index in [4.69, 9.17) is 22.1 Å². The molecule has 2 aromatic rings. The average molecular weight is 331 g/mol. The van der Waals surface area contributed by atoms with Gasteiger partial charge in [-0.25, -0.2) is 4.39 Å². The van der Waals surface area contributed by atoms with Crippen LogP contribution in [0, 0.1) is 5.82 Å². The lowest BCUT2D eigenvalue weighted by atomic mass is 10.2. The molecule has 0 unspecified atom stereocenters. The highest BCUT2D eigenvalue weighted by molar-refractivity contribution is 9.10. The maximum Gasteiger partial charge on any atom is 0.145 e. The summed E-state index contributed by atoms with van der Waals surface area (Å²) in [5.41, 5.74) is 6.93. The molecule has 2 rings (SSSR count). The van der Waals surface area contributed by atoms with Crippen LogP contribution in [0.4, 0.5) is 10.1 Å². The van der Waals surface area contributed by atoms with Gasteiger partial charge in [-0.3, -0.25) is 0 Å². The smallest absolute Gasteiger partial charge is 0.145 e. The lowest BCUT2D eigenvalue weighted by molar-refractivity contribution is 0.306. The molecule has 0 aliphatic rings. The summed E-state index contributed by atoms with van der Waals surface area (Å²) < 4.78 is 19.1. The Labute approximate surface area is 118 Å². The number of ether oxygens (including phenoxy) is 1. The first-order chi connectivity index (χ1) is 8.58. The first kappa shape index (κ1) is 13.2. The third-order valence-corrected chi connectivity index (χ3v) is 3.37. The Balaban J connectivity index is 2.16. The van der Waals surface area contributed by atoms with Crippen LogP contribution in [0.25, 0.3) is 0 Å². The molecule has 94 valence electrons. The highest BCUT2D eigenvalue weighted by Gasteiger charge is 2.08. The second kappa shape index (κ2) is 5.59. The molecule has 0 heterocycles. The van der Waals surface area contributed by atoms with Gasteiger partial charge in [0.2, 0.25) is 0 Å². The quantitative estimate of drug-likeness (QED) is 0.846. The van der Waals surface area contributed by atoms with E-state index < -0.39 is 5.82 Å². The molecule has 0 bridgehead atoms. The summed E-state index contributed by atoms with van der Waals surface area (Å²) in [6.07, 6.45) is 0. The minimum atomic E-state index is -0.418. The number of anilines is 1. The molecule has 0 aliphatic heterocycles. The molecule has 18 heavy (non-hydrogen) atoms. The minimum absolute atomic E-state index is 0.241. The summed E-state index contributed by atoms with van der Waals surface area (Å²) in [5.74, 6) is -0.117. The van der Waals surface area contributed by atoms with Crippen molar-refractivity contribution in [2.24, 2.45) is 0 Å². The van der Waals surface area contributed by atoms with Crippen LogP contribution in [0.15, 0.2) is 40.9 Å². The summed E-state index contributed by atoms with van der Waals surface area (Å²) in [6, 6.07) is 10.0. The highest BCUT2D eigenvalue weighted by atomic mass is 79.9. The molecule has 0 spiro atoms. The van der Waals surface area contributed by atoms with Crippen LogP contribution >= 0.6 is 27.5 Å². The minimum Gasteiger partial charge on any atom is -0.487 e. The standard InChI is InChI=1S/C13H10BrClFNO/c14-9-5-12(17)13(6-11(9)16)18-7-8-3-1-2-4-10(8)15/h1-6H,7,17H2. The molecule has 0 radical (unpaired) electrons. The molecule has 0 atom stereocenters. The van der Waals surface area contributed by atoms with E-state index in [0.29, 0.717) is 20.9 Å². The summed E-state index contributed by atoms with van der Waals surface area (Å²) in [6.45, 7) is 0.241. The molecule has 0 aromatic heterocycles. The number of benzene rings is 2. The van der Waals surface area contributed by atoms with Crippen LogP contribution in [-0.2, 0) is 6.61 Å². The van der Waals surface area contributed by atoms with E-state index in [1.165, 1.54) is 12.1 Å². The lowest BCUT2D eigenvalue weighted by Gasteiger charge is -2.10. The molecule has 0 aliphatic carbocycles. The van der Waals surface area contributed by atoms with Gasteiger partial charge < -0.3 is 10.5 Å². The third-order valence-electron chi connectivity index (χ3n) is 2.39. The number of nitrogen functional groups attached to an aromatic ring is 1. The van der Waals surface area contributed by atoms with Gasteiger partial charge >= 0.3 is 0 Å². The van der Waals surface area contributed by atoms with Gasteiger partial charge in [0.05, 0.1) is 10.2 Å². The largest absolute Gasteiger partial charge is 0.487 e. The number of nitrogens with two attached hydrogens (primary N) is 1. The SMILES string of the molecule is Nc1cc(Br)c(F)cc1OCc1ccccc1Cl. The van der Waals surface area contributed by atoms with Crippen LogP contribution in [0.5, 0.6) is 5.75 Å². The maximum absolute atomic E-state index is 13.4. The lowest BCUT2D eigenvalue weighted by Crippen LogP contribution is -2.00. The first-order valence-electron chi connectivity index (χ1n) is 5.18. The van der Waals surface area contributed by atoms with Gasteiger partial charge in [-0.05, 0) is 28.1 Å². The van der Waals surface area contributed by atoms with Crippen molar-refractivity contribution in [2.45, 2.75) is 6.61 Å². The second-order valence-electron chi connectivity index (χ2n) is 3.68. The Bertz CT molecular complexity index is 577. The number of halogens is 3. The van der Waals surface area contributed by atoms with E-state index >= 15 is 0 Å². The summed E-state index contributed by atoms with van der Waals surface area (Å²) >= 11 is 9.05. The van der Waals surface area contributed by atoms with E-state index in [1.54, 1.807) is 6.07 Å². The Morgan fingerprint density at radius 2 is 2.00 bits per heavy atom. The van der Waals surface area contributed by atoms with E-state index in [0.717, 1.165) is 5.56 Å². The van der Waals surface area contributed by atoms with Gasteiger partial charge in [0, 0.05) is 16.7 Å². The van der Waals surface area contributed by atoms with Gasteiger partial charge in [0.1, 0.15) is 18.2 Å². The monoisotopic (exact) mass is 329 g/mol. The average Bonchev–Trinajstić information content (AvgIpc) is 2.34. The molecule has 2 nitrogen and oxygen atoms in total. The van der Waals surface area contributed by atoms with Crippen LogP contribution in [0.3, 0.4) is 0 Å². The molecular formula is C13H10BrClFNO. The summed E-state index contributed by atoms with van der Waals surface area (Å²) in [7, 11) is 0. The molecule has 2 N–H and O–H groups in total. The van der Waals surface area contributed by atoms with Crippen molar-refractivity contribution in [1.82, 2.24) is 0 Å². The van der Waals surface area contributed by atoms with Crippen LogP contribution < -0.4 is 10.5 Å². The van der Waals surface area contributed by atoms with Crippen LogP contribution in [0.1, 0.15) is 5.56 Å². The zero-order valence-electron chi connectivity index (χ0n) is 9.29. The zero-order valence-corrected chi connectivity index (χ0v) is 11.6. The topological polar surface area (TPSA) is 35.2 Å². The van der Waals surface area contributed by atoms with E-state index in [2.05, 4.69) is 15.9 Å². The van der Waals surface area contributed by atoms with Crippen molar-refractivity contribution in [2.75, 3.05) is 5.73 Å². The maximum atomic E-state index is 13.4. The van der Waals surface area contributed by atoms with Crippen molar-refractivity contribution >= 4 is 33.2 Å². The van der Waals surface area contributed by atoms with E-state index in [-0.39, 0.29) is 6.61 Å². The third kappa shape index (κ3) is 2.94. The van der Waals surface area contributed by atoms with Crippen LogP contribution in [-0.4, -0.2) is 0 Å². The predicted molar refractivity (Wildman–Crippen MR) is 74.3 cm³/mol. The van der Waals surface area contributed by atoms with Gasteiger partial charge in [-0.15, -0.1) is 0 Å². The fraction of sp³-hybridized carbons (Fsp3) is 0.0769. The summed E-state index contributed by atoms with van der Waals surface area (Å²) in [4.78, 5) is 0. The van der Waals surface area contributed by atoms with E-state index in [9.17, 15) is 4.39 Å². The normalized spacial score (nSPS) is 10.4. The predicted octanol–water partition coefficient (Wildman–Crippen LogP) is 4.40. The Morgan fingerprint density at radius 1 is 1.28 bits per heavy atom. The molecule has 2 aromatic carbocycles. The number of rotatable bonds is 3. The fourth-order valence-corrected chi connectivity index (χ4v) is 1.99. The number of hydrogen-bond donors (Lipinski definition) is 1. The zero-order chi connectivity index (χ0) is 13.1. The molecule has 0 amide bonds. The Kier molecular flexibility index (Phi) is 4.09. The van der Waals surface area contributed by atoms with Crippen LogP contribution in [0.2, 0.25) is 5.02 Å². The highest BCUT2D eigenvalue weighted by Crippen LogP contribution is 2.29. The number of hydrogen-bond acceptors (Lipinski definition) is 2. The van der Waals surface area contributed by atoms with Crippen molar-refractivity contribution in [3.63, 3.8) is 0 Å². The van der Waals surface area contributed by atoms with Crippen molar-refractivity contribution in [3.05, 3.63) is 57.3 Å². The van der Waals surface area contributed by atoms with Gasteiger partial charge in [0.15, 0.2) is 0 Å². The van der Waals surface area contributed by atoms with Crippen molar-refractivity contribution < 1.29 is 9.13 Å². The molecule has 0 saturated carbocycles. The van der Waals surface area contributed by atoms with E-state index in [1.807, 2.05) is 18.2 Å². The summed E-state index contributed by atoms with van der Waals surface area (Å²) in [5, 5.41) is 0.605. The molecule has 0 saturated heterocycles. The molecule has 5 heteroatoms.